The molecule has 1 amide bonds. The van der Waals surface area contributed by atoms with Crippen molar-refractivity contribution in [2.24, 2.45) is 7.05 Å². The molecule has 0 unspecified atom stereocenters. The largest absolute Gasteiger partial charge is 0.348 e. The summed E-state index contributed by atoms with van der Waals surface area (Å²) in [4.78, 5) is 11.9. The topological polar surface area (TPSA) is 46.9 Å². The van der Waals surface area contributed by atoms with E-state index in [0.29, 0.717) is 12.1 Å². The van der Waals surface area contributed by atoms with Gasteiger partial charge in [0.25, 0.3) is 5.91 Å². The van der Waals surface area contributed by atoms with Gasteiger partial charge in [0, 0.05) is 30.4 Å². The van der Waals surface area contributed by atoms with Crippen molar-refractivity contribution in [2.75, 3.05) is 0 Å². The first kappa shape index (κ1) is 15.1. The van der Waals surface area contributed by atoms with Crippen LogP contribution in [0.15, 0.2) is 12.1 Å². The average molecular weight is 297 g/mol. The van der Waals surface area contributed by atoms with E-state index in [1.165, 1.54) is 0 Å². The van der Waals surface area contributed by atoms with Gasteiger partial charge < -0.3 is 5.32 Å². The number of rotatable bonds is 3. The number of nitrogens with zero attached hydrogens (tertiary/aromatic N) is 2. The van der Waals surface area contributed by atoms with Gasteiger partial charge in [0.05, 0.1) is 5.69 Å². The number of aromatic nitrogens is 2. The molecule has 0 aliphatic heterocycles. The minimum Gasteiger partial charge on any atom is -0.348 e. The van der Waals surface area contributed by atoms with Crippen LogP contribution in [0.3, 0.4) is 0 Å². The molecule has 2 rings (SSSR count). The van der Waals surface area contributed by atoms with Gasteiger partial charge in [0.1, 0.15) is 0 Å². The molecule has 0 bridgehead atoms. The number of nitrogens with one attached hydrogen (secondary N) is 1. The third-order valence-corrected chi connectivity index (χ3v) is 3.33. The van der Waals surface area contributed by atoms with Crippen LogP contribution in [0.1, 0.15) is 27.3 Å². The lowest BCUT2D eigenvalue weighted by Gasteiger charge is -2.07. The van der Waals surface area contributed by atoms with Crippen molar-refractivity contribution in [3.8, 4) is 0 Å². The van der Waals surface area contributed by atoms with Crippen molar-refractivity contribution in [1.29, 1.82) is 0 Å². The van der Waals surface area contributed by atoms with Crippen molar-refractivity contribution in [3.63, 3.8) is 0 Å². The van der Waals surface area contributed by atoms with E-state index in [0.717, 1.165) is 17.0 Å². The number of hydrogen-bond donors (Lipinski definition) is 1. The number of benzene rings is 1. The Bertz CT molecular complexity index is 687. The minimum atomic E-state index is -1.59. The number of aryl methyl sites for hydroxylation is 2. The molecule has 0 atom stereocenters. The molecule has 0 fully saturated rings. The second-order valence-corrected chi connectivity index (χ2v) is 4.71. The smallest absolute Gasteiger partial charge is 0.251 e. The summed E-state index contributed by atoms with van der Waals surface area (Å²) in [5.41, 5.74) is 2.19. The van der Waals surface area contributed by atoms with Crippen LogP contribution in [0, 0.1) is 31.3 Å². The summed E-state index contributed by atoms with van der Waals surface area (Å²) in [6, 6.07) is 1.33. The van der Waals surface area contributed by atoms with Gasteiger partial charge in [-0.05, 0) is 26.0 Å². The Kier molecular flexibility index (Phi) is 4.02. The Labute approximate surface area is 119 Å². The van der Waals surface area contributed by atoms with Gasteiger partial charge in [0.15, 0.2) is 17.5 Å². The SMILES string of the molecule is Cc1nn(C)c(C)c1CNC(=O)c1cc(F)c(F)c(F)c1. The molecule has 0 aliphatic carbocycles. The number of halogens is 3. The zero-order valence-electron chi connectivity index (χ0n) is 11.8. The molecule has 112 valence electrons. The first-order valence-electron chi connectivity index (χ1n) is 6.23. The molecule has 0 radical (unpaired) electrons. The van der Waals surface area contributed by atoms with Gasteiger partial charge in [0.2, 0.25) is 0 Å². The molecular formula is C14H14F3N3O. The monoisotopic (exact) mass is 297 g/mol. The van der Waals surface area contributed by atoms with Gasteiger partial charge in [-0.2, -0.15) is 5.10 Å². The highest BCUT2D eigenvalue weighted by molar-refractivity contribution is 5.94. The number of amides is 1. The number of carbonyl (C=O) groups is 1. The standard InChI is InChI=1S/C14H14F3N3O/c1-7-10(8(2)20(3)19-7)6-18-14(21)9-4-11(15)13(17)12(16)5-9/h4-5H,6H2,1-3H3,(H,18,21). The molecule has 0 saturated carbocycles. The van der Waals surface area contributed by atoms with E-state index in [1.54, 1.807) is 18.7 Å². The van der Waals surface area contributed by atoms with Gasteiger partial charge >= 0.3 is 0 Å². The molecule has 1 N–H and O–H groups in total. The third kappa shape index (κ3) is 2.91. The molecule has 21 heavy (non-hydrogen) atoms. The van der Waals surface area contributed by atoms with Gasteiger partial charge in [-0.3, -0.25) is 9.48 Å². The van der Waals surface area contributed by atoms with Crippen molar-refractivity contribution >= 4 is 5.91 Å². The van der Waals surface area contributed by atoms with E-state index >= 15 is 0 Å². The summed E-state index contributed by atoms with van der Waals surface area (Å²) in [5, 5.41) is 6.73. The lowest BCUT2D eigenvalue weighted by Crippen LogP contribution is -2.24. The molecule has 0 saturated heterocycles. The first-order valence-corrected chi connectivity index (χ1v) is 6.23. The molecule has 2 aromatic rings. The van der Waals surface area contributed by atoms with Crippen molar-refractivity contribution in [1.82, 2.24) is 15.1 Å². The summed E-state index contributed by atoms with van der Waals surface area (Å²) in [6.45, 7) is 3.81. The Morgan fingerprint density at radius 1 is 1.24 bits per heavy atom. The molecule has 0 aliphatic rings. The highest BCUT2D eigenvalue weighted by atomic mass is 19.2. The van der Waals surface area contributed by atoms with E-state index in [4.69, 9.17) is 0 Å². The normalized spacial score (nSPS) is 10.8. The Morgan fingerprint density at radius 2 is 1.81 bits per heavy atom. The molecule has 1 heterocycles. The Morgan fingerprint density at radius 3 is 2.29 bits per heavy atom. The van der Waals surface area contributed by atoms with Crippen LogP contribution in [0.5, 0.6) is 0 Å². The van der Waals surface area contributed by atoms with Crippen LogP contribution >= 0.6 is 0 Å². The second kappa shape index (κ2) is 5.59. The maximum absolute atomic E-state index is 13.1. The average Bonchev–Trinajstić information content (AvgIpc) is 2.66. The zero-order valence-corrected chi connectivity index (χ0v) is 11.8. The van der Waals surface area contributed by atoms with Crippen molar-refractivity contribution < 1.29 is 18.0 Å². The molecule has 7 heteroatoms. The van der Waals surface area contributed by atoms with E-state index in [-0.39, 0.29) is 12.1 Å². The molecule has 4 nitrogen and oxygen atoms in total. The van der Waals surface area contributed by atoms with Crippen LogP contribution in [0.2, 0.25) is 0 Å². The van der Waals surface area contributed by atoms with Gasteiger partial charge in [-0.1, -0.05) is 0 Å². The second-order valence-electron chi connectivity index (χ2n) is 4.71. The fourth-order valence-electron chi connectivity index (χ4n) is 2.03. The third-order valence-electron chi connectivity index (χ3n) is 3.33. The maximum Gasteiger partial charge on any atom is 0.251 e. The molecule has 0 spiro atoms. The van der Waals surface area contributed by atoms with E-state index < -0.39 is 23.4 Å². The highest BCUT2D eigenvalue weighted by Gasteiger charge is 2.16. The maximum atomic E-state index is 13.1. The number of carbonyl (C=O) groups excluding carboxylic acids is 1. The zero-order chi connectivity index (χ0) is 15.7. The Balaban J connectivity index is 2.16. The first-order chi connectivity index (χ1) is 9.81. The van der Waals surface area contributed by atoms with Crippen LogP contribution < -0.4 is 5.32 Å². The van der Waals surface area contributed by atoms with Crippen LogP contribution in [0.25, 0.3) is 0 Å². The molecule has 1 aromatic carbocycles. The van der Waals surface area contributed by atoms with Crippen LogP contribution in [-0.2, 0) is 13.6 Å². The van der Waals surface area contributed by atoms with E-state index in [9.17, 15) is 18.0 Å². The predicted octanol–water partition coefficient (Wildman–Crippen LogP) is 2.38. The molecule has 1 aromatic heterocycles. The van der Waals surface area contributed by atoms with Crippen LogP contribution in [0.4, 0.5) is 13.2 Å². The predicted molar refractivity (Wildman–Crippen MR) is 70.2 cm³/mol. The van der Waals surface area contributed by atoms with Gasteiger partial charge in [-0.25, -0.2) is 13.2 Å². The van der Waals surface area contributed by atoms with E-state index in [2.05, 4.69) is 10.4 Å². The van der Waals surface area contributed by atoms with Crippen molar-refractivity contribution in [3.05, 3.63) is 52.1 Å². The van der Waals surface area contributed by atoms with Crippen LogP contribution in [-0.4, -0.2) is 15.7 Å². The van der Waals surface area contributed by atoms with Crippen molar-refractivity contribution in [2.45, 2.75) is 20.4 Å². The van der Waals surface area contributed by atoms with E-state index in [1.807, 2.05) is 6.92 Å². The summed E-state index contributed by atoms with van der Waals surface area (Å²) in [5.74, 6) is -5.07. The summed E-state index contributed by atoms with van der Waals surface area (Å²) >= 11 is 0. The Hall–Kier alpha value is -2.31. The molecular weight excluding hydrogens is 283 g/mol. The lowest BCUT2D eigenvalue weighted by atomic mass is 10.1. The fourth-order valence-corrected chi connectivity index (χ4v) is 2.03. The summed E-state index contributed by atoms with van der Waals surface area (Å²) in [6.07, 6.45) is 0. The summed E-state index contributed by atoms with van der Waals surface area (Å²) < 4.78 is 40.7. The quantitative estimate of drug-likeness (QED) is 0.884. The number of hydrogen-bond acceptors (Lipinski definition) is 2. The minimum absolute atomic E-state index is 0.172. The van der Waals surface area contributed by atoms with Gasteiger partial charge in [-0.15, -0.1) is 0 Å². The summed E-state index contributed by atoms with van der Waals surface area (Å²) in [7, 11) is 1.78. The lowest BCUT2D eigenvalue weighted by molar-refractivity contribution is 0.0949. The highest BCUT2D eigenvalue weighted by Crippen LogP contribution is 2.15. The fraction of sp³-hybridized carbons (Fsp3) is 0.286.